The predicted molar refractivity (Wildman–Crippen MR) is 64.5 cm³/mol. The fourth-order valence-electron chi connectivity index (χ4n) is 1.54. The molecule has 17 heavy (non-hydrogen) atoms. The van der Waals surface area contributed by atoms with Crippen molar-refractivity contribution in [2.45, 2.75) is 26.3 Å². The maximum absolute atomic E-state index is 11.5. The molecule has 1 N–H and O–H groups in total. The van der Waals surface area contributed by atoms with Crippen molar-refractivity contribution in [2.24, 2.45) is 0 Å². The molecule has 0 saturated carbocycles. The van der Waals surface area contributed by atoms with E-state index in [0.717, 1.165) is 11.1 Å². The van der Waals surface area contributed by atoms with Crippen molar-refractivity contribution >= 4 is 11.9 Å². The summed E-state index contributed by atoms with van der Waals surface area (Å²) >= 11 is 0. The van der Waals surface area contributed by atoms with Gasteiger partial charge in [0, 0.05) is 13.3 Å². The van der Waals surface area contributed by atoms with Gasteiger partial charge in [0.25, 0.3) is 0 Å². The fourth-order valence-corrected chi connectivity index (χ4v) is 1.54. The summed E-state index contributed by atoms with van der Waals surface area (Å²) in [5.74, 6) is -0.673. The van der Waals surface area contributed by atoms with Crippen molar-refractivity contribution in [3.63, 3.8) is 0 Å². The monoisotopic (exact) mass is 235 g/mol. The molecule has 0 radical (unpaired) electrons. The van der Waals surface area contributed by atoms with E-state index < -0.39 is 12.0 Å². The molecule has 1 unspecified atom stereocenters. The second-order valence-corrected chi connectivity index (χ2v) is 3.97. The van der Waals surface area contributed by atoms with Crippen LogP contribution in [-0.4, -0.2) is 25.0 Å². The number of rotatable bonds is 4. The normalized spacial score (nSPS) is 11.7. The van der Waals surface area contributed by atoms with Crippen molar-refractivity contribution in [3.05, 3.63) is 35.4 Å². The van der Waals surface area contributed by atoms with E-state index in [1.54, 1.807) is 0 Å². The maximum Gasteiger partial charge on any atom is 0.328 e. The fraction of sp³-hybridized carbons (Fsp3) is 0.385. The molecule has 0 heterocycles. The zero-order chi connectivity index (χ0) is 12.8. The number of esters is 1. The Morgan fingerprint density at radius 2 is 1.88 bits per heavy atom. The smallest absolute Gasteiger partial charge is 0.328 e. The highest BCUT2D eigenvalue weighted by molar-refractivity contribution is 5.83. The second kappa shape index (κ2) is 6.03. The minimum absolute atomic E-state index is 0.243. The molecule has 0 aliphatic heterocycles. The Labute approximate surface area is 101 Å². The third-order valence-corrected chi connectivity index (χ3v) is 2.42. The average molecular weight is 235 g/mol. The van der Waals surface area contributed by atoms with E-state index >= 15 is 0 Å². The Balaban J connectivity index is 2.75. The molecule has 1 atom stereocenters. The van der Waals surface area contributed by atoms with E-state index in [0.29, 0.717) is 6.42 Å². The Morgan fingerprint density at radius 3 is 2.35 bits per heavy atom. The Morgan fingerprint density at radius 1 is 1.29 bits per heavy atom. The van der Waals surface area contributed by atoms with Crippen LogP contribution in [-0.2, 0) is 20.7 Å². The molecule has 1 amide bonds. The van der Waals surface area contributed by atoms with Crippen LogP contribution in [0.5, 0.6) is 0 Å². The van der Waals surface area contributed by atoms with E-state index in [1.807, 2.05) is 31.2 Å². The highest BCUT2D eigenvalue weighted by Gasteiger charge is 2.20. The van der Waals surface area contributed by atoms with E-state index in [2.05, 4.69) is 10.1 Å². The highest BCUT2D eigenvalue weighted by Crippen LogP contribution is 2.07. The Hall–Kier alpha value is -1.84. The van der Waals surface area contributed by atoms with Crippen LogP contribution in [0.1, 0.15) is 18.1 Å². The first kappa shape index (κ1) is 13.2. The van der Waals surface area contributed by atoms with Gasteiger partial charge in [-0.3, -0.25) is 4.79 Å². The number of benzene rings is 1. The van der Waals surface area contributed by atoms with Gasteiger partial charge in [-0.2, -0.15) is 0 Å². The number of ether oxygens (including phenoxy) is 1. The molecule has 1 aromatic rings. The topological polar surface area (TPSA) is 55.4 Å². The quantitative estimate of drug-likeness (QED) is 0.798. The minimum Gasteiger partial charge on any atom is -0.467 e. The van der Waals surface area contributed by atoms with Gasteiger partial charge in [-0.15, -0.1) is 0 Å². The van der Waals surface area contributed by atoms with Gasteiger partial charge in [-0.1, -0.05) is 29.8 Å². The minimum atomic E-state index is -0.625. The molecule has 0 aliphatic rings. The summed E-state index contributed by atoms with van der Waals surface area (Å²) in [5.41, 5.74) is 2.14. The Kier molecular flexibility index (Phi) is 4.69. The zero-order valence-electron chi connectivity index (χ0n) is 10.3. The summed E-state index contributed by atoms with van der Waals surface area (Å²) in [4.78, 5) is 22.5. The predicted octanol–water partition coefficient (Wildman–Crippen LogP) is 1.22. The van der Waals surface area contributed by atoms with Crippen molar-refractivity contribution < 1.29 is 14.3 Å². The van der Waals surface area contributed by atoms with Crippen LogP contribution in [0.3, 0.4) is 0 Å². The molecule has 0 fully saturated rings. The third-order valence-electron chi connectivity index (χ3n) is 2.42. The largest absolute Gasteiger partial charge is 0.467 e. The van der Waals surface area contributed by atoms with E-state index in [4.69, 9.17) is 0 Å². The maximum atomic E-state index is 11.5. The number of carbonyl (C=O) groups is 2. The van der Waals surface area contributed by atoms with Gasteiger partial charge < -0.3 is 10.1 Å². The molecule has 4 nitrogen and oxygen atoms in total. The lowest BCUT2D eigenvalue weighted by atomic mass is 10.0. The lowest BCUT2D eigenvalue weighted by Crippen LogP contribution is -2.41. The van der Waals surface area contributed by atoms with Gasteiger partial charge in [-0.25, -0.2) is 4.79 Å². The summed E-state index contributed by atoms with van der Waals surface area (Å²) in [5, 5.41) is 2.58. The first-order valence-electron chi connectivity index (χ1n) is 5.43. The van der Waals surface area contributed by atoms with Crippen LogP contribution >= 0.6 is 0 Å². The molecular formula is C13H17NO3. The summed E-state index contributed by atoms with van der Waals surface area (Å²) < 4.78 is 4.66. The SMILES string of the molecule is COC(=O)C(Cc1ccc(C)cc1)NC(C)=O. The summed E-state index contributed by atoms with van der Waals surface area (Å²) in [7, 11) is 1.31. The van der Waals surface area contributed by atoms with E-state index in [1.165, 1.54) is 14.0 Å². The van der Waals surface area contributed by atoms with Crippen LogP contribution in [0, 0.1) is 6.92 Å². The molecule has 0 aromatic heterocycles. The van der Waals surface area contributed by atoms with Crippen molar-refractivity contribution in [1.29, 1.82) is 0 Å². The van der Waals surface area contributed by atoms with Gasteiger partial charge in [0.15, 0.2) is 0 Å². The number of aryl methyl sites for hydroxylation is 1. The summed E-state index contributed by atoms with van der Waals surface area (Å²) in [6.45, 7) is 3.38. The molecule has 0 bridgehead atoms. The molecule has 1 rings (SSSR count). The van der Waals surface area contributed by atoms with Gasteiger partial charge in [0.1, 0.15) is 6.04 Å². The first-order valence-corrected chi connectivity index (χ1v) is 5.43. The molecule has 0 aliphatic carbocycles. The molecular weight excluding hydrogens is 218 g/mol. The van der Waals surface area contributed by atoms with Crippen LogP contribution in [0.15, 0.2) is 24.3 Å². The third kappa shape index (κ3) is 4.26. The van der Waals surface area contributed by atoms with Crippen molar-refractivity contribution in [2.75, 3.05) is 7.11 Å². The average Bonchev–Trinajstić information content (AvgIpc) is 2.29. The van der Waals surface area contributed by atoms with Gasteiger partial charge >= 0.3 is 5.97 Å². The molecule has 92 valence electrons. The lowest BCUT2D eigenvalue weighted by Gasteiger charge is -2.15. The number of methoxy groups -OCH3 is 1. The Bertz CT molecular complexity index is 398. The first-order chi connectivity index (χ1) is 8.02. The standard InChI is InChI=1S/C13H17NO3/c1-9-4-6-11(7-5-9)8-12(13(16)17-3)14-10(2)15/h4-7,12H,8H2,1-3H3,(H,14,15). The summed E-state index contributed by atoms with van der Waals surface area (Å²) in [6, 6.07) is 7.19. The zero-order valence-corrected chi connectivity index (χ0v) is 10.3. The van der Waals surface area contributed by atoms with Crippen molar-refractivity contribution in [3.8, 4) is 0 Å². The van der Waals surface area contributed by atoms with Gasteiger partial charge in [-0.05, 0) is 12.5 Å². The van der Waals surface area contributed by atoms with Crippen LogP contribution in [0.2, 0.25) is 0 Å². The summed E-state index contributed by atoms with van der Waals surface area (Å²) in [6.07, 6.45) is 0.437. The molecule has 1 aromatic carbocycles. The number of amides is 1. The van der Waals surface area contributed by atoms with E-state index in [9.17, 15) is 9.59 Å². The van der Waals surface area contributed by atoms with Crippen LogP contribution < -0.4 is 5.32 Å². The van der Waals surface area contributed by atoms with Crippen molar-refractivity contribution in [1.82, 2.24) is 5.32 Å². The van der Waals surface area contributed by atoms with Crippen LogP contribution in [0.4, 0.5) is 0 Å². The molecule has 0 saturated heterocycles. The second-order valence-electron chi connectivity index (χ2n) is 3.97. The van der Waals surface area contributed by atoms with Gasteiger partial charge in [0.2, 0.25) is 5.91 Å². The number of hydrogen-bond acceptors (Lipinski definition) is 3. The molecule has 4 heteroatoms. The number of nitrogens with one attached hydrogen (secondary N) is 1. The number of hydrogen-bond donors (Lipinski definition) is 1. The highest BCUT2D eigenvalue weighted by atomic mass is 16.5. The van der Waals surface area contributed by atoms with Gasteiger partial charge in [0.05, 0.1) is 7.11 Å². The van der Waals surface area contributed by atoms with E-state index in [-0.39, 0.29) is 5.91 Å². The molecule has 0 spiro atoms. The lowest BCUT2D eigenvalue weighted by molar-refractivity contribution is -0.144. The number of carbonyl (C=O) groups excluding carboxylic acids is 2. The van der Waals surface area contributed by atoms with Crippen LogP contribution in [0.25, 0.3) is 0 Å².